The summed E-state index contributed by atoms with van der Waals surface area (Å²) >= 11 is 0. The first-order valence-corrected chi connectivity index (χ1v) is 7.82. The Bertz CT molecular complexity index is 431. The largest absolute Gasteiger partial charge is 0.394 e. The van der Waals surface area contributed by atoms with Gasteiger partial charge in [-0.3, -0.25) is 0 Å². The molecule has 1 aromatic rings. The fraction of sp³-hybridized carbons (Fsp3) is 0.647. The van der Waals surface area contributed by atoms with Crippen LogP contribution in [0.3, 0.4) is 0 Å². The van der Waals surface area contributed by atoms with E-state index in [2.05, 4.69) is 49.2 Å². The molecular formula is C17H28N2O. The van der Waals surface area contributed by atoms with Gasteiger partial charge in [0.25, 0.3) is 0 Å². The minimum atomic E-state index is 0.255. The zero-order valence-electron chi connectivity index (χ0n) is 13.0. The van der Waals surface area contributed by atoms with Crippen LogP contribution in [0.25, 0.3) is 0 Å². The molecule has 2 rings (SSSR count). The molecule has 3 nitrogen and oxygen atoms in total. The number of nitrogens with one attached hydrogen (secondary N) is 1. The SMILES string of the molecule is Cc1ccc(N2CCCCC2CO)c(CNC(C)C)c1. The number of aryl methyl sites for hydroxylation is 1. The molecule has 1 aliphatic rings. The molecule has 2 N–H and O–H groups in total. The van der Waals surface area contributed by atoms with Gasteiger partial charge in [-0.15, -0.1) is 0 Å². The lowest BCUT2D eigenvalue weighted by molar-refractivity contribution is 0.240. The van der Waals surface area contributed by atoms with Crippen molar-refractivity contribution in [3.63, 3.8) is 0 Å². The van der Waals surface area contributed by atoms with Crippen molar-refractivity contribution in [1.82, 2.24) is 5.32 Å². The number of benzene rings is 1. The lowest BCUT2D eigenvalue weighted by Gasteiger charge is -2.38. The van der Waals surface area contributed by atoms with E-state index in [1.165, 1.54) is 29.7 Å². The molecular weight excluding hydrogens is 248 g/mol. The summed E-state index contributed by atoms with van der Waals surface area (Å²) in [6.07, 6.45) is 3.55. The number of anilines is 1. The van der Waals surface area contributed by atoms with Crippen LogP contribution < -0.4 is 10.2 Å². The maximum Gasteiger partial charge on any atom is 0.0635 e. The molecule has 1 unspecified atom stereocenters. The van der Waals surface area contributed by atoms with E-state index in [1.807, 2.05) is 0 Å². The van der Waals surface area contributed by atoms with Crippen molar-refractivity contribution in [2.24, 2.45) is 0 Å². The first kappa shape index (κ1) is 15.3. The summed E-state index contributed by atoms with van der Waals surface area (Å²) in [5, 5.41) is 13.1. The Kier molecular flexibility index (Phi) is 5.44. The van der Waals surface area contributed by atoms with Crippen LogP contribution in [0.15, 0.2) is 18.2 Å². The van der Waals surface area contributed by atoms with Gasteiger partial charge in [0.15, 0.2) is 0 Å². The standard InChI is InChI=1S/C17H28N2O/c1-13(2)18-11-15-10-14(3)7-8-17(15)19-9-5-4-6-16(19)12-20/h7-8,10,13,16,18,20H,4-6,9,11-12H2,1-3H3. The normalized spacial score (nSPS) is 19.6. The third kappa shape index (κ3) is 3.74. The first-order chi connectivity index (χ1) is 9.61. The summed E-state index contributed by atoms with van der Waals surface area (Å²) in [5.74, 6) is 0. The van der Waals surface area contributed by atoms with Crippen LogP contribution in [0.5, 0.6) is 0 Å². The van der Waals surface area contributed by atoms with Crippen LogP contribution >= 0.6 is 0 Å². The van der Waals surface area contributed by atoms with E-state index in [-0.39, 0.29) is 12.6 Å². The molecule has 0 amide bonds. The molecule has 0 aliphatic carbocycles. The molecule has 1 fully saturated rings. The van der Waals surface area contributed by atoms with Gasteiger partial charge in [-0.2, -0.15) is 0 Å². The smallest absolute Gasteiger partial charge is 0.0635 e. The van der Waals surface area contributed by atoms with Gasteiger partial charge in [0, 0.05) is 24.8 Å². The summed E-state index contributed by atoms with van der Waals surface area (Å²) in [6.45, 7) is 8.69. The molecule has 1 aromatic carbocycles. The second kappa shape index (κ2) is 7.09. The van der Waals surface area contributed by atoms with Crippen molar-refractivity contribution in [2.75, 3.05) is 18.1 Å². The van der Waals surface area contributed by atoms with Crippen molar-refractivity contribution in [3.05, 3.63) is 29.3 Å². The van der Waals surface area contributed by atoms with Gasteiger partial charge in [0.1, 0.15) is 0 Å². The summed E-state index contributed by atoms with van der Waals surface area (Å²) in [6, 6.07) is 7.44. The minimum absolute atomic E-state index is 0.255. The number of aliphatic hydroxyl groups is 1. The first-order valence-electron chi connectivity index (χ1n) is 7.82. The lowest BCUT2D eigenvalue weighted by Crippen LogP contribution is -2.42. The molecule has 1 saturated heterocycles. The van der Waals surface area contributed by atoms with E-state index < -0.39 is 0 Å². The van der Waals surface area contributed by atoms with Crippen molar-refractivity contribution >= 4 is 5.69 Å². The molecule has 1 atom stereocenters. The molecule has 3 heteroatoms. The van der Waals surface area contributed by atoms with Gasteiger partial charge in [0.2, 0.25) is 0 Å². The van der Waals surface area contributed by atoms with E-state index in [0.717, 1.165) is 19.5 Å². The third-order valence-electron chi connectivity index (χ3n) is 4.08. The van der Waals surface area contributed by atoms with Gasteiger partial charge in [-0.25, -0.2) is 0 Å². The monoisotopic (exact) mass is 276 g/mol. The Balaban J connectivity index is 2.24. The Morgan fingerprint density at radius 3 is 2.85 bits per heavy atom. The number of aliphatic hydroxyl groups excluding tert-OH is 1. The van der Waals surface area contributed by atoms with E-state index in [4.69, 9.17) is 0 Å². The van der Waals surface area contributed by atoms with Crippen LogP contribution in [-0.4, -0.2) is 30.3 Å². The molecule has 0 saturated carbocycles. The zero-order valence-corrected chi connectivity index (χ0v) is 13.0. The van der Waals surface area contributed by atoms with Gasteiger partial charge in [0.05, 0.1) is 12.6 Å². The molecule has 0 radical (unpaired) electrons. The van der Waals surface area contributed by atoms with E-state index in [9.17, 15) is 5.11 Å². The van der Waals surface area contributed by atoms with Crippen LogP contribution in [-0.2, 0) is 6.54 Å². The molecule has 20 heavy (non-hydrogen) atoms. The zero-order chi connectivity index (χ0) is 14.5. The van der Waals surface area contributed by atoms with Crippen molar-refractivity contribution in [1.29, 1.82) is 0 Å². The van der Waals surface area contributed by atoms with Crippen molar-refractivity contribution < 1.29 is 5.11 Å². The molecule has 0 aromatic heterocycles. The molecule has 0 bridgehead atoms. The average Bonchev–Trinajstić information content (AvgIpc) is 2.45. The number of rotatable bonds is 5. The van der Waals surface area contributed by atoms with Gasteiger partial charge in [-0.1, -0.05) is 31.5 Å². The number of hydrogen-bond donors (Lipinski definition) is 2. The number of nitrogens with zero attached hydrogens (tertiary/aromatic N) is 1. The fourth-order valence-corrected chi connectivity index (χ4v) is 2.96. The highest BCUT2D eigenvalue weighted by molar-refractivity contribution is 5.56. The Morgan fingerprint density at radius 1 is 1.35 bits per heavy atom. The summed E-state index contributed by atoms with van der Waals surface area (Å²) < 4.78 is 0. The molecule has 1 heterocycles. The van der Waals surface area contributed by atoms with Crippen molar-refractivity contribution in [2.45, 2.75) is 58.7 Å². The van der Waals surface area contributed by atoms with E-state index in [1.54, 1.807) is 0 Å². The quantitative estimate of drug-likeness (QED) is 0.868. The molecule has 112 valence electrons. The predicted octanol–water partition coefficient (Wildman–Crippen LogP) is 2.84. The highest BCUT2D eigenvalue weighted by Gasteiger charge is 2.23. The maximum absolute atomic E-state index is 9.63. The maximum atomic E-state index is 9.63. The number of piperidine rings is 1. The van der Waals surface area contributed by atoms with Gasteiger partial charge < -0.3 is 15.3 Å². The summed E-state index contributed by atoms with van der Waals surface area (Å²) in [4.78, 5) is 2.40. The summed E-state index contributed by atoms with van der Waals surface area (Å²) in [7, 11) is 0. The Labute approximate surface area is 123 Å². The molecule has 1 aliphatic heterocycles. The number of hydrogen-bond acceptors (Lipinski definition) is 3. The van der Waals surface area contributed by atoms with Crippen LogP contribution in [0.4, 0.5) is 5.69 Å². The summed E-state index contributed by atoms with van der Waals surface area (Å²) in [5.41, 5.74) is 3.94. The second-order valence-electron chi connectivity index (χ2n) is 6.19. The van der Waals surface area contributed by atoms with Gasteiger partial charge in [-0.05, 0) is 37.8 Å². The van der Waals surface area contributed by atoms with E-state index >= 15 is 0 Å². The minimum Gasteiger partial charge on any atom is -0.394 e. The van der Waals surface area contributed by atoms with Gasteiger partial charge >= 0.3 is 0 Å². The highest BCUT2D eigenvalue weighted by Crippen LogP contribution is 2.28. The molecule has 0 spiro atoms. The van der Waals surface area contributed by atoms with Crippen LogP contribution in [0.2, 0.25) is 0 Å². The average molecular weight is 276 g/mol. The van der Waals surface area contributed by atoms with Crippen molar-refractivity contribution in [3.8, 4) is 0 Å². The topological polar surface area (TPSA) is 35.5 Å². The Hall–Kier alpha value is -1.06. The van der Waals surface area contributed by atoms with Crippen LogP contribution in [0, 0.1) is 6.92 Å². The van der Waals surface area contributed by atoms with E-state index in [0.29, 0.717) is 6.04 Å². The third-order valence-corrected chi connectivity index (χ3v) is 4.08. The predicted molar refractivity (Wildman–Crippen MR) is 85.2 cm³/mol. The van der Waals surface area contributed by atoms with Crippen LogP contribution in [0.1, 0.15) is 44.2 Å². The second-order valence-corrected chi connectivity index (χ2v) is 6.19. The highest BCUT2D eigenvalue weighted by atomic mass is 16.3. The fourth-order valence-electron chi connectivity index (χ4n) is 2.96. The Morgan fingerprint density at radius 2 is 2.15 bits per heavy atom. The lowest BCUT2D eigenvalue weighted by atomic mass is 9.99.